The van der Waals surface area contributed by atoms with Crippen LogP contribution in [0.1, 0.15) is 0 Å². The molecule has 0 unspecified atom stereocenters. The van der Waals surface area contributed by atoms with Gasteiger partial charge in [0.1, 0.15) is 17.8 Å². The lowest BCUT2D eigenvalue weighted by molar-refractivity contribution is 0.586. The van der Waals surface area contributed by atoms with Crippen molar-refractivity contribution in [2.75, 3.05) is 11.1 Å². The summed E-state index contributed by atoms with van der Waals surface area (Å²) in [6, 6.07) is 1.65. The molecule has 0 bridgehead atoms. The molecule has 0 radical (unpaired) electrons. The van der Waals surface area contributed by atoms with Crippen LogP contribution in [-0.2, 0) is 0 Å². The fourth-order valence-corrected chi connectivity index (χ4v) is 1.63. The standard InChI is InChI=1S/C10H6Cl2F2N4/c11-5-1-4(13)2-6(14)8(5)18-10-7(15)9(12)16-3-17-10/h1-3H,15H2,(H,16,17,18). The third-order valence-electron chi connectivity index (χ3n) is 2.09. The number of nitrogens with one attached hydrogen (secondary N) is 1. The van der Waals surface area contributed by atoms with E-state index in [-0.39, 0.29) is 27.4 Å². The van der Waals surface area contributed by atoms with Crippen LogP contribution in [0.25, 0.3) is 0 Å². The third kappa shape index (κ3) is 2.44. The molecule has 1 heterocycles. The van der Waals surface area contributed by atoms with Crippen LogP contribution in [0.3, 0.4) is 0 Å². The van der Waals surface area contributed by atoms with Gasteiger partial charge in [0.05, 0.1) is 10.7 Å². The Morgan fingerprint density at radius 1 is 1.17 bits per heavy atom. The summed E-state index contributed by atoms with van der Waals surface area (Å²) in [6.07, 6.45) is 1.15. The lowest BCUT2D eigenvalue weighted by Gasteiger charge is -2.11. The Balaban J connectivity index is 2.43. The van der Waals surface area contributed by atoms with Gasteiger partial charge < -0.3 is 11.1 Å². The average molecular weight is 291 g/mol. The summed E-state index contributed by atoms with van der Waals surface area (Å²) in [6.45, 7) is 0. The molecule has 2 aromatic rings. The number of benzene rings is 1. The van der Waals surface area contributed by atoms with Crippen molar-refractivity contribution in [1.82, 2.24) is 9.97 Å². The molecule has 1 aromatic heterocycles. The van der Waals surface area contributed by atoms with E-state index in [9.17, 15) is 8.78 Å². The zero-order valence-electron chi connectivity index (χ0n) is 8.72. The maximum atomic E-state index is 13.5. The molecular formula is C10H6Cl2F2N4. The molecule has 3 N–H and O–H groups in total. The highest BCUT2D eigenvalue weighted by Gasteiger charge is 2.13. The molecule has 1 aromatic carbocycles. The lowest BCUT2D eigenvalue weighted by Crippen LogP contribution is -2.03. The molecule has 0 saturated carbocycles. The first-order valence-corrected chi connectivity index (χ1v) is 5.42. The molecule has 18 heavy (non-hydrogen) atoms. The fourth-order valence-electron chi connectivity index (χ4n) is 1.25. The molecule has 2 rings (SSSR count). The van der Waals surface area contributed by atoms with Gasteiger partial charge in [0.2, 0.25) is 0 Å². The number of hydrogen-bond acceptors (Lipinski definition) is 4. The van der Waals surface area contributed by atoms with Crippen molar-refractivity contribution in [2.24, 2.45) is 0 Å². The smallest absolute Gasteiger partial charge is 0.158 e. The molecular weight excluding hydrogens is 285 g/mol. The molecule has 0 atom stereocenters. The minimum Gasteiger partial charge on any atom is -0.393 e. The molecule has 0 fully saturated rings. The van der Waals surface area contributed by atoms with Crippen LogP contribution in [0, 0.1) is 11.6 Å². The van der Waals surface area contributed by atoms with Gasteiger partial charge >= 0.3 is 0 Å². The van der Waals surface area contributed by atoms with E-state index < -0.39 is 11.6 Å². The molecule has 94 valence electrons. The molecule has 0 amide bonds. The van der Waals surface area contributed by atoms with E-state index in [0.717, 1.165) is 12.4 Å². The van der Waals surface area contributed by atoms with Crippen molar-refractivity contribution >= 4 is 40.4 Å². The first kappa shape index (κ1) is 12.8. The van der Waals surface area contributed by atoms with E-state index in [1.807, 2.05) is 0 Å². The molecule has 0 aliphatic rings. The summed E-state index contributed by atoms with van der Waals surface area (Å²) in [5.74, 6) is -1.56. The van der Waals surface area contributed by atoms with Crippen molar-refractivity contribution in [3.05, 3.63) is 40.3 Å². The zero-order valence-corrected chi connectivity index (χ0v) is 10.2. The Morgan fingerprint density at radius 2 is 1.89 bits per heavy atom. The Kier molecular flexibility index (Phi) is 3.49. The minimum absolute atomic E-state index is 0.0196. The number of nitrogens with two attached hydrogens (primary N) is 1. The summed E-state index contributed by atoms with van der Waals surface area (Å²) >= 11 is 11.4. The van der Waals surface area contributed by atoms with Crippen LogP contribution in [0.5, 0.6) is 0 Å². The van der Waals surface area contributed by atoms with Gasteiger partial charge in [-0.25, -0.2) is 18.7 Å². The number of nitrogen functional groups attached to an aromatic ring is 1. The number of anilines is 3. The summed E-state index contributed by atoms with van der Waals surface area (Å²) in [5.41, 5.74) is 5.50. The summed E-state index contributed by atoms with van der Waals surface area (Å²) in [7, 11) is 0. The quantitative estimate of drug-likeness (QED) is 0.832. The van der Waals surface area contributed by atoms with E-state index in [0.29, 0.717) is 6.07 Å². The molecule has 0 spiro atoms. The van der Waals surface area contributed by atoms with Crippen molar-refractivity contribution in [3.8, 4) is 0 Å². The second-order valence-electron chi connectivity index (χ2n) is 3.30. The van der Waals surface area contributed by atoms with Crippen LogP contribution >= 0.6 is 23.2 Å². The van der Waals surface area contributed by atoms with Crippen molar-refractivity contribution in [2.45, 2.75) is 0 Å². The van der Waals surface area contributed by atoms with Gasteiger partial charge in [0.25, 0.3) is 0 Å². The Labute approximate surface area is 111 Å². The predicted molar refractivity (Wildman–Crippen MR) is 66.1 cm³/mol. The Hall–Kier alpha value is -1.66. The maximum absolute atomic E-state index is 13.5. The monoisotopic (exact) mass is 290 g/mol. The van der Waals surface area contributed by atoms with Gasteiger partial charge in [-0.15, -0.1) is 0 Å². The van der Waals surface area contributed by atoms with Crippen molar-refractivity contribution in [3.63, 3.8) is 0 Å². The molecule has 8 heteroatoms. The van der Waals surface area contributed by atoms with E-state index in [2.05, 4.69) is 15.3 Å². The molecule has 0 aliphatic heterocycles. The fraction of sp³-hybridized carbons (Fsp3) is 0. The van der Waals surface area contributed by atoms with Gasteiger partial charge in [-0.1, -0.05) is 23.2 Å². The van der Waals surface area contributed by atoms with Gasteiger partial charge in [-0.3, -0.25) is 0 Å². The van der Waals surface area contributed by atoms with Crippen LogP contribution in [0.2, 0.25) is 10.2 Å². The second kappa shape index (κ2) is 4.91. The second-order valence-corrected chi connectivity index (χ2v) is 4.06. The van der Waals surface area contributed by atoms with E-state index >= 15 is 0 Å². The molecule has 4 nitrogen and oxygen atoms in total. The van der Waals surface area contributed by atoms with Gasteiger partial charge in [0, 0.05) is 6.07 Å². The van der Waals surface area contributed by atoms with Crippen molar-refractivity contribution < 1.29 is 8.78 Å². The number of nitrogens with zero attached hydrogens (tertiary/aromatic N) is 2. The van der Waals surface area contributed by atoms with Crippen LogP contribution < -0.4 is 11.1 Å². The highest BCUT2D eigenvalue weighted by Crippen LogP contribution is 2.31. The first-order chi connectivity index (χ1) is 8.49. The topological polar surface area (TPSA) is 63.8 Å². The highest BCUT2D eigenvalue weighted by atomic mass is 35.5. The first-order valence-electron chi connectivity index (χ1n) is 4.66. The summed E-state index contributed by atoms with van der Waals surface area (Å²) in [5, 5.41) is 2.42. The van der Waals surface area contributed by atoms with Crippen LogP contribution in [0.4, 0.5) is 26.0 Å². The Morgan fingerprint density at radius 3 is 2.56 bits per heavy atom. The van der Waals surface area contributed by atoms with E-state index in [1.54, 1.807) is 0 Å². The minimum atomic E-state index is -0.867. The third-order valence-corrected chi connectivity index (χ3v) is 2.68. The summed E-state index contributed by atoms with van der Waals surface area (Å²) in [4.78, 5) is 7.43. The average Bonchev–Trinajstić information content (AvgIpc) is 2.28. The van der Waals surface area contributed by atoms with Gasteiger partial charge in [-0.05, 0) is 6.07 Å². The molecule has 0 saturated heterocycles. The van der Waals surface area contributed by atoms with E-state index in [4.69, 9.17) is 28.9 Å². The number of aromatic nitrogens is 2. The number of halogens is 4. The molecule has 0 aliphatic carbocycles. The summed E-state index contributed by atoms with van der Waals surface area (Å²) < 4.78 is 26.4. The zero-order chi connectivity index (χ0) is 13.3. The largest absolute Gasteiger partial charge is 0.393 e. The maximum Gasteiger partial charge on any atom is 0.158 e. The predicted octanol–water partition coefficient (Wildman–Crippen LogP) is 3.39. The highest BCUT2D eigenvalue weighted by molar-refractivity contribution is 6.33. The van der Waals surface area contributed by atoms with Gasteiger partial charge in [0.15, 0.2) is 16.8 Å². The number of rotatable bonds is 2. The van der Waals surface area contributed by atoms with Crippen LogP contribution in [0.15, 0.2) is 18.5 Å². The van der Waals surface area contributed by atoms with Crippen molar-refractivity contribution in [1.29, 1.82) is 0 Å². The lowest BCUT2D eigenvalue weighted by atomic mass is 10.3. The number of hydrogen-bond donors (Lipinski definition) is 2. The van der Waals surface area contributed by atoms with Crippen LogP contribution in [-0.4, -0.2) is 9.97 Å². The van der Waals surface area contributed by atoms with E-state index in [1.165, 1.54) is 0 Å². The Bertz CT molecular complexity index is 583. The SMILES string of the molecule is Nc1c(Cl)ncnc1Nc1c(F)cc(F)cc1Cl. The normalized spacial score (nSPS) is 10.4. The van der Waals surface area contributed by atoms with Gasteiger partial charge in [-0.2, -0.15) is 0 Å².